The van der Waals surface area contributed by atoms with Crippen molar-refractivity contribution in [2.75, 3.05) is 12.3 Å². The summed E-state index contributed by atoms with van der Waals surface area (Å²) in [5.74, 6) is 0.595. The van der Waals surface area contributed by atoms with Crippen LogP contribution in [0, 0.1) is 6.92 Å². The molecule has 0 amide bonds. The second-order valence-corrected chi connectivity index (χ2v) is 4.51. The number of amidine groups is 1. The second-order valence-electron chi connectivity index (χ2n) is 4.51. The largest absolute Gasteiger partial charge is 0.399 e. The number of nitrogen functional groups attached to an aromatic ring is 1. The first kappa shape index (κ1) is 13.1. The van der Waals surface area contributed by atoms with Gasteiger partial charge in [-0.25, -0.2) is 0 Å². The third kappa shape index (κ3) is 2.94. The summed E-state index contributed by atoms with van der Waals surface area (Å²) in [6.45, 7) is 4.71. The predicted molar refractivity (Wildman–Crippen MR) is 82.3 cm³/mol. The lowest BCUT2D eigenvalue weighted by atomic mass is 9.99. The fourth-order valence-corrected chi connectivity index (χ4v) is 2.01. The van der Waals surface area contributed by atoms with Gasteiger partial charge in [0.25, 0.3) is 0 Å². The molecule has 0 radical (unpaired) electrons. The van der Waals surface area contributed by atoms with E-state index in [0.717, 1.165) is 27.9 Å². The summed E-state index contributed by atoms with van der Waals surface area (Å²) in [4.78, 5) is 4.28. The average Bonchev–Trinajstić information content (AvgIpc) is 2.40. The fraction of sp³-hybridized carbons (Fsp3) is 0.188. The van der Waals surface area contributed by atoms with Crippen LogP contribution in [0.4, 0.5) is 5.69 Å². The van der Waals surface area contributed by atoms with Crippen LogP contribution in [0.5, 0.6) is 0 Å². The van der Waals surface area contributed by atoms with E-state index < -0.39 is 0 Å². The van der Waals surface area contributed by atoms with Crippen molar-refractivity contribution >= 4 is 11.5 Å². The van der Waals surface area contributed by atoms with Gasteiger partial charge in [-0.1, -0.05) is 24.3 Å². The van der Waals surface area contributed by atoms with E-state index in [9.17, 15) is 0 Å². The van der Waals surface area contributed by atoms with Gasteiger partial charge in [0.2, 0.25) is 0 Å². The third-order valence-corrected chi connectivity index (χ3v) is 3.09. The zero-order chi connectivity index (χ0) is 13.8. The lowest BCUT2D eigenvalue weighted by molar-refractivity contribution is 1.12. The van der Waals surface area contributed by atoms with Gasteiger partial charge in [-0.3, -0.25) is 4.99 Å². The van der Waals surface area contributed by atoms with E-state index in [-0.39, 0.29) is 0 Å². The Bertz CT molecular complexity index is 598. The van der Waals surface area contributed by atoms with Crippen molar-refractivity contribution in [3.63, 3.8) is 0 Å². The smallest absolute Gasteiger partial charge is 0.125 e. The maximum Gasteiger partial charge on any atom is 0.125 e. The highest BCUT2D eigenvalue weighted by atomic mass is 14.8. The Hall–Kier alpha value is -2.29. The van der Waals surface area contributed by atoms with Gasteiger partial charge in [-0.15, -0.1) is 0 Å². The summed E-state index contributed by atoms with van der Waals surface area (Å²) in [6.07, 6.45) is 0. The normalized spacial score (nSPS) is 11.6. The molecule has 98 valence electrons. The molecule has 19 heavy (non-hydrogen) atoms. The van der Waals surface area contributed by atoms with Gasteiger partial charge in [0.15, 0.2) is 0 Å². The standard InChI is InChI=1S/C16H19N3/c1-3-19-16(18)15-10-13(5-4-11(15)2)12-6-8-14(17)9-7-12/h4-10H,3,17H2,1-2H3,(H2,18,19). The minimum absolute atomic E-state index is 0.595. The van der Waals surface area contributed by atoms with Crippen LogP contribution >= 0.6 is 0 Å². The number of aliphatic imine (C=N–C) groups is 1. The molecule has 0 aliphatic carbocycles. The molecular formula is C16H19N3. The van der Waals surface area contributed by atoms with Gasteiger partial charge in [0.1, 0.15) is 5.84 Å². The molecule has 0 heterocycles. The topological polar surface area (TPSA) is 64.4 Å². The molecule has 0 aliphatic heterocycles. The van der Waals surface area contributed by atoms with Crippen LogP contribution in [0.1, 0.15) is 18.1 Å². The molecule has 2 aromatic rings. The van der Waals surface area contributed by atoms with Crippen molar-refractivity contribution < 1.29 is 0 Å². The molecule has 0 bridgehead atoms. The molecule has 0 saturated carbocycles. The minimum atomic E-state index is 0.595. The van der Waals surface area contributed by atoms with Gasteiger partial charge in [-0.05, 0) is 48.7 Å². The molecule has 0 spiro atoms. The maximum absolute atomic E-state index is 6.01. The highest BCUT2D eigenvalue weighted by molar-refractivity contribution is 5.99. The van der Waals surface area contributed by atoms with Crippen LogP contribution in [-0.4, -0.2) is 12.4 Å². The van der Waals surface area contributed by atoms with E-state index >= 15 is 0 Å². The van der Waals surface area contributed by atoms with Crippen molar-refractivity contribution in [3.8, 4) is 11.1 Å². The zero-order valence-corrected chi connectivity index (χ0v) is 11.4. The molecule has 2 rings (SSSR count). The van der Waals surface area contributed by atoms with Gasteiger partial charge in [-0.2, -0.15) is 0 Å². The molecule has 0 unspecified atom stereocenters. The van der Waals surface area contributed by atoms with Crippen LogP contribution in [0.25, 0.3) is 11.1 Å². The molecule has 0 atom stereocenters. The number of nitrogens with two attached hydrogens (primary N) is 2. The summed E-state index contributed by atoms with van der Waals surface area (Å²) in [5, 5.41) is 0. The van der Waals surface area contributed by atoms with Crippen molar-refractivity contribution in [2.45, 2.75) is 13.8 Å². The number of rotatable bonds is 3. The Morgan fingerprint density at radius 3 is 2.32 bits per heavy atom. The van der Waals surface area contributed by atoms with Crippen molar-refractivity contribution in [3.05, 3.63) is 53.6 Å². The Morgan fingerprint density at radius 2 is 1.68 bits per heavy atom. The van der Waals surface area contributed by atoms with E-state index in [0.29, 0.717) is 12.4 Å². The average molecular weight is 253 g/mol. The fourth-order valence-electron chi connectivity index (χ4n) is 2.01. The van der Waals surface area contributed by atoms with Gasteiger partial charge in [0, 0.05) is 17.8 Å². The summed E-state index contributed by atoms with van der Waals surface area (Å²) < 4.78 is 0. The van der Waals surface area contributed by atoms with Crippen molar-refractivity contribution in [2.24, 2.45) is 10.7 Å². The Balaban J connectivity index is 2.46. The first-order valence-electron chi connectivity index (χ1n) is 6.38. The summed E-state index contributed by atoms with van der Waals surface area (Å²) in [6, 6.07) is 14.1. The quantitative estimate of drug-likeness (QED) is 0.502. The Kier molecular flexibility index (Phi) is 3.85. The SMILES string of the molecule is CC/N=C(/N)c1cc(-c2ccc(N)cc2)ccc1C. The van der Waals surface area contributed by atoms with Crippen LogP contribution in [-0.2, 0) is 0 Å². The number of hydrogen-bond acceptors (Lipinski definition) is 2. The number of aryl methyl sites for hydroxylation is 1. The van der Waals surface area contributed by atoms with Crippen molar-refractivity contribution in [1.29, 1.82) is 0 Å². The lowest BCUT2D eigenvalue weighted by Crippen LogP contribution is -2.15. The zero-order valence-electron chi connectivity index (χ0n) is 11.4. The number of hydrogen-bond donors (Lipinski definition) is 2. The summed E-state index contributed by atoms with van der Waals surface area (Å²) in [7, 11) is 0. The van der Waals surface area contributed by atoms with E-state index in [2.05, 4.69) is 23.2 Å². The Morgan fingerprint density at radius 1 is 1.05 bits per heavy atom. The monoisotopic (exact) mass is 253 g/mol. The molecule has 0 saturated heterocycles. The third-order valence-electron chi connectivity index (χ3n) is 3.09. The lowest BCUT2D eigenvalue weighted by Gasteiger charge is -2.09. The Labute approximate surface area is 114 Å². The minimum Gasteiger partial charge on any atom is -0.399 e. The highest BCUT2D eigenvalue weighted by Crippen LogP contribution is 2.23. The molecule has 0 aromatic heterocycles. The van der Waals surface area contributed by atoms with E-state index in [4.69, 9.17) is 11.5 Å². The first-order valence-corrected chi connectivity index (χ1v) is 6.38. The molecule has 3 heteroatoms. The summed E-state index contributed by atoms with van der Waals surface area (Å²) in [5.41, 5.74) is 16.9. The van der Waals surface area contributed by atoms with Crippen LogP contribution in [0.2, 0.25) is 0 Å². The number of benzene rings is 2. The van der Waals surface area contributed by atoms with Gasteiger partial charge < -0.3 is 11.5 Å². The van der Waals surface area contributed by atoms with Gasteiger partial charge in [0.05, 0.1) is 0 Å². The van der Waals surface area contributed by atoms with Gasteiger partial charge >= 0.3 is 0 Å². The molecule has 3 nitrogen and oxygen atoms in total. The van der Waals surface area contributed by atoms with Crippen molar-refractivity contribution in [1.82, 2.24) is 0 Å². The molecule has 0 aliphatic rings. The highest BCUT2D eigenvalue weighted by Gasteiger charge is 2.05. The summed E-state index contributed by atoms with van der Waals surface area (Å²) >= 11 is 0. The van der Waals surface area contributed by atoms with E-state index in [1.165, 1.54) is 0 Å². The van der Waals surface area contributed by atoms with Crippen LogP contribution in [0.3, 0.4) is 0 Å². The maximum atomic E-state index is 6.01. The van der Waals surface area contributed by atoms with E-state index in [1.54, 1.807) is 0 Å². The number of anilines is 1. The van der Waals surface area contributed by atoms with E-state index in [1.807, 2.05) is 38.1 Å². The molecule has 2 aromatic carbocycles. The predicted octanol–water partition coefficient (Wildman–Crippen LogP) is 2.97. The van der Waals surface area contributed by atoms with Crippen LogP contribution in [0.15, 0.2) is 47.5 Å². The van der Waals surface area contributed by atoms with Crippen LogP contribution < -0.4 is 11.5 Å². The molecule has 0 fully saturated rings. The molecule has 4 N–H and O–H groups in total. The second kappa shape index (κ2) is 5.57. The first-order chi connectivity index (χ1) is 9.11. The number of nitrogens with zero attached hydrogens (tertiary/aromatic N) is 1. The molecular weight excluding hydrogens is 234 g/mol.